The van der Waals surface area contributed by atoms with Gasteiger partial charge in [-0.25, -0.2) is 0 Å². The first-order chi connectivity index (χ1) is 4.83. The van der Waals surface area contributed by atoms with Gasteiger partial charge in [0.1, 0.15) is 0 Å². The summed E-state index contributed by atoms with van der Waals surface area (Å²) in [6.07, 6.45) is 0. The van der Waals surface area contributed by atoms with Gasteiger partial charge >= 0.3 is 8.23 Å². The van der Waals surface area contributed by atoms with Crippen molar-refractivity contribution in [3.05, 3.63) is 0 Å². The predicted molar refractivity (Wildman–Crippen MR) is 61.1 cm³/mol. The van der Waals surface area contributed by atoms with E-state index < -0.39 is 16.5 Å². The van der Waals surface area contributed by atoms with Crippen molar-refractivity contribution in [3.63, 3.8) is 0 Å². The normalized spacial score (nSPS) is 19.1. The Morgan fingerprint density at radius 3 is 1.73 bits per heavy atom. The van der Waals surface area contributed by atoms with Crippen LogP contribution in [-0.4, -0.2) is 23.7 Å². The predicted octanol–water partition coefficient (Wildman–Crippen LogP) is 2.52. The SMILES string of the molecule is CO[Si](C)(O[Si](C)(C)C)PP. The van der Waals surface area contributed by atoms with Crippen LogP contribution >= 0.6 is 16.7 Å². The van der Waals surface area contributed by atoms with E-state index in [4.69, 9.17) is 8.54 Å². The molecule has 0 saturated heterocycles. The van der Waals surface area contributed by atoms with E-state index in [-0.39, 0.29) is 0 Å². The third-order valence-corrected chi connectivity index (χ3v) is 14.3. The highest BCUT2D eigenvalue weighted by Crippen LogP contribution is 2.37. The summed E-state index contributed by atoms with van der Waals surface area (Å²) in [5.74, 6) is 0. The van der Waals surface area contributed by atoms with Crippen LogP contribution in [0.25, 0.3) is 0 Å². The maximum Gasteiger partial charge on any atom is 0.351 e. The Hall–Kier alpha value is 1.21. The fraction of sp³-hybridized carbons (Fsp3) is 1.00. The van der Waals surface area contributed by atoms with E-state index in [0.717, 1.165) is 7.82 Å². The molecule has 0 aliphatic carbocycles. The monoisotopic (exact) mass is 228 g/mol. The van der Waals surface area contributed by atoms with E-state index >= 15 is 0 Å². The maximum atomic E-state index is 5.97. The minimum absolute atomic E-state index is 0.721. The highest BCUT2D eigenvalue weighted by atomic mass is 32.1. The summed E-state index contributed by atoms with van der Waals surface area (Å²) in [6.45, 7) is 8.71. The van der Waals surface area contributed by atoms with E-state index in [0.29, 0.717) is 0 Å². The molecule has 0 aliphatic rings. The summed E-state index contributed by atoms with van der Waals surface area (Å²) < 4.78 is 11.4. The van der Waals surface area contributed by atoms with Gasteiger partial charge in [-0.2, -0.15) is 0 Å². The summed E-state index contributed by atoms with van der Waals surface area (Å²) >= 11 is 0. The van der Waals surface area contributed by atoms with E-state index in [1.807, 2.05) is 0 Å². The molecule has 11 heavy (non-hydrogen) atoms. The van der Waals surface area contributed by atoms with Crippen molar-refractivity contribution in [2.24, 2.45) is 0 Å². The van der Waals surface area contributed by atoms with Gasteiger partial charge in [0, 0.05) is 7.11 Å². The average molecular weight is 228 g/mol. The first kappa shape index (κ1) is 12.2. The molecule has 2 nitrogen and oxygen atoms in total. The molecule has 0 aromatic heterocycles. The molecule has 0 heterocycles. The Labute approximate surface area is 75.5 Å². The first-order valence-corrected chi connectivity index (χ1v) is 13.1. The van der Waals surface area contributed by atoms with Crippen LogP contribution in [0.3, 0.4) is 0 Å². The highest BCUT2D eigenvalue weighted by Gasteiger charge is 2.33. The van der Waals surface area contributed by atoms with Crippen LogP contribution in [0.4, 0.5) is 0 Å². The minimum Gasteiger partial charge on any atom is -0.433 e. The Balaban J connectivity index is 4.08. The second kappa shape index (κ2) is 4.45. The molecule has 3 atom stereocenters. The molecule has 0 rings (SSSR count). The molecule has 3 unspecified atom stereocenters. The van der Waals surface area contributed by atoms with Crippen LogP contribution in [0, 0.1) is 0 Å². The van der Waals surface area contributed by atoms with Crippen LogP contribution < -0.4 is 0 Å². The van der Waals surface area contributed by atoms with Crippen LogP contribution in [0.2, 0.25) is 26.2 Å². The number of hydrogen-bond donors (Lipinski definition) is 0. The van der Waals surface area contributed by atoms with Crippen molar-refractivity contribution in [2.75, 3.05) is 7.11 Å². The summed E-state index contributed by atoms with van der Waals surface area (Å²) in [6, 6.07) is 0. The minimum atomic E-state index is -1.78. The summed E-state index contributed by atoms with van der Waals surface area (Å²) in [5, 5.41) is 0. The molecule has 0 aliphatic heterocycles. The zero-order valence-electron chi connectivity index (χ0n) is 7.89. The van der Waals surface area contributed by atoms with Gasteiger partial charge in [-0.15, -0.1) is 8.93 Å². The van der Waals surface area contributed by atoms with Gasteiger partial charge in [0.05, 0.1) is 0 Å². The van der Waals surface area contributed by atoms with Gasteiger partial charge in [0.15, 0.2) is 8.32 Å². The van der Waals surface area contributed by atoms with Crippen molar-refractivity contribution >= 4 is 33.3 Å². The number of rotatable bonds is 4. The topological polar surface area (TPSA) is 18.5 Å². The van der Waals surface area contributed by atoms with Crippen molar-refractivity contribution in [1.82, 2.24) is 0 Å². The molecular formula is C5H18O2P2Si2. The summed E-state index contributed by atoms with van der Waals surface area (Å²) in [4.78, 5) is 0. The largest absolute Gasteiger partial charge is 0.433 e. The molecule has 0 saturated carbocycles. The lowest BCUT2D eigenvalue weighted by Crippen LogP contribution is -2.42. The van der Waals surface area contributed by atoms with Crippen LogP contribution in [0.5, 0.6) is 0 Å². The quantitative estimate of drug-likeness (QED) is 0.544. The fourth-order valence-electron chi connectivity index (χ4n) is 0.714. The van der Waals surface area contributed by atoms with Gasteiger partial charge in [-0.05, 0) is 26.2 Å². The summed E-state index contributed by atoms with van der Waals surface area (Å²) in [5.41, 5.74) is 0. The molecule has 0 amide bonds. The van der Waals surface area contributed by atoms with Crippen molar-refractivity contribution in [2.45, 2.75) is 26.2 Å². The van der Waals surface area contributed by atoms with E-state index in [1.165, 1.54) is 0 Å². The molecule has 0 N–H and O–H groups in total. The van der Waals surface area contributed by atoms with Crippen molar-refractivity contribution in [1.29, 1.82) is 0 Å². The molecular weight excluding hydrogens is 210 g/mol. The van der Waals surface area contributed by atoms with E-state index in [9.17, 15) is 0 Å². The molecule has 0 aromatic rings. The third-order valence-electron chi connectivity index (χ3n) is 1.15. The van der Waals surface area contributed by atoms with Crippen LogP contribution in [0.1, 0.15) is 0 Å². The van der Waals surface area contributed by atoms with E-state index in [2.05, 4.69) is 35.1 Å². The Bertz CT molecular complexity index is 122. The van der Waals surface area contributed by atoms with Gasteiger partial charge in [0.2, 0.25) is 0 Å². The molecule has 6 heteroatoms. The van der Waals surface area contributed by atoms with E-state index in [1.54, 1.807) is 7.11 Å². The van der Waals surface area contributed by atoms with Gasteiger partial charge in [0.25, 0.3) is 0 Å². The van der Waals surface area contributed by atoms with Gasteiger partial charge in [-0.1, -0.05) is 7.82 Å². The second-order valence-corrected chi connectivity index (χ2v) is 17.3. The first-order valence-electron chi connectivity index (χ1n) is 3.56. The fourth-order valence-corrected chi connectivity index (χ4v) is 12.4. The highest BCUT2D eigenvalue weighted by molar-refractivity contribution is 8.21. The van der Waals surface area contributed by atoms with Gasteiger partial charge < -0.3 is 8.54 Å². The van der Waals surface area contributed by atoms with Crippen LogP contribution in [-0.2, 0) is 8.54 Å². The lowest BCUT2D eigenvalue weighted by molar-refractivity contribution is 0.330. The average Bonchev–Trinajstić information content (AvgIpc) is 1.84. The Kier molecular flexibility index (Phi) is 4.94. The summed E-state index contributed by atoms with van der Waals surface area (Å²) in [7, 11) is 2.02. The lowest BCUT2D eigenvalue weighted by atomic mass is 11.8. The smallest absolute Gasteiger partial charge is 0.351 e. The number of hydrogen-bond acceptors (Lipinski definition) is 2. The Morgan fingerprint density at radius 2 is 1.64 bits per heavy atom. The Morgan fingerprint density at radius 1 is 1.18 bits per heavy atom. The molecule has 0 aromatic carbocycles. The zero-order valence-corrected chi connectivity index (χ0v) is 12.0. The molecule has 0 radical (unpaired) electrons. The molecule has 0 spiro atoms. The lowest BCUT2D eigenvalue weighted by Gasteiger charge is -2.31. The zero-order chi connectivity index (χ0) is 9.12. The molecule has 0 fully saturated rings. The standard InChI is InChI=1S/C5H18O2P2Si2/c1-6-11(5,9-8)7-10(2,3)4/h9H,8H2,1-5H3. The van der Waals surface area contributed by atoms with Gasteiger partial charge in [-0.3, -0.25) is 0 Å². The van der Waals surface area contributed by atoms with Crippen molar-refractivity contribution < 1.29 is 8.54 Å². The van der Waals surface area contributed by atoms with Crippen LogP contribution in [0.15, 0.2) is 0 Å². The maximum absolute atomic E-state index is 5.97. The second-order valence-electron chi connectivity index (χ2n) is 3.51. The molecule has 68 valence electrons. The molecule has 0 bridgehead atoms. The van der Waals surface area contributed by atoms with Crippen molar-refractivity contribution in [3.8, 4) is 0 Å². The third kappa shape index (κ3) is 5.45.